The van der Waals surface area contributed by atoms with Crippen molar-refractivity contribution in [1.29, 1.82) is 5.26 Å². The van der Waals surface area contributed by atoms with E-state index < -0.39 is 0 Å². The third-order valence-electron chi connectivity index (χ3n) is 5.81. The molecule has 2 aliphatic rings. The molecule has 1 saturated heterocycles. The highest BCUT2D eigenvalue weighted by atomic mass is 16.5. The maximum Gasteiger partial charge on any atom is 0.268 e. The summed E-state index contributed by atoms with van der Waals surface area (Å²) < 4.78 is 8.00. The molecule has 0 unspecified atom stereocenters. The maximum atomic E-state index is 13.0. The molecule has 1 amide bonds. The molecular formula is C23H25N3O2. The average Bonchev–Trinajstić information content (AvgIpc) is 3.42. The molecule has 0 radical (unpaired) electrons. The van der Waals surface area contributed by atoms with Crippen LogP contribution < -0.4 is 4.90 Å². The fourth-order valence-corrected chi connectivity index (χ4v) is 4.24. The highest BCUT2D eigenvalue weighted by Crippen LogP contribution is 2.29. The number of amides is 1. The normalized spacial score (nSPS) is 19.0. The number of carbonyl (C=O) groups excluding carboxylic acids is 1. The van der Waals surface area contributed by atoms with E-state index in [0.29, 0.717) is 6.54 Å². The zero-order valence-corrected chi connectivity index (χ0v) is 16.4. The highest BCUT2D eigenvalue weighted by molar-refractivity contribution is 6.12. The van der Waals surface area contributed by atoms with Crippen molar-refractivity contribution >= 4 is 17.7 Å². The minimum atomic E-state index is -0.226. The van der Waals surface area contributed by atoms with Crippen LogP contribution in [0.25, 0.3) is 6.08 Å². The minimum Gasteiger partial charge on any atom is -0.376 e. The van der Waals surface area contributed by atoms with Crippen molar-refractivity contribution in [2.75, 3.05) is 18.1 Å². The Morgan fingerprint density at radius 1 is 1.36 bits per heavy atom. The van der Waals surface area contributed by atoms with Crippen molar-refractivity contribution in [1.82, 2.24) is 4.57 Å². The molecule has 0 aliphatic carbocycles. The first kappa shape index (κ1) is 18.5. The molecule has 5 nitrogen and oxygen atoms in total. The fraction of sp³-hybridized carbons (Fsp3) is 0.391. The molecule has 0 N–H and O–H groups in total. The van der Waals surface area contributed by atoms with Crippen LogP contribution in [0.4, 0.5) is 5.69 Å². The van der Waals surface area contributed by atoms with Crippen molar-refractivity contribution in [3.05, 3.63) is 58.4 Å². The van der Waals surface area contributed by atoms with Gasteiger partial charge in [0.25, 0.3) is 5.91 Å². The number of anilines is 1. The Bertz CT molecular complexity index is 974. The monoisotopic (exact) mass is 375 g/mol. The van der Waals surface area contributed by atoms with Crippen LogP contribution in [-0.4, -0.2) is 29.7 Å². The SMILES string of the molecule is Cc1cc(/C=C(/C#N)C(=O)N2CCc3ccccc32)c(C)n1C[C@@H]1CCCO1. The van der Waals surface area contributed by atoms with E-state index in [-0.39, 0.29) is 17.6 Å². The number of para-hydroxylation sites is 1. The first-order chi connectivity index (χ1) is 13.6. The number of aromatic nitrogens is 1. The van der Waals surface area contributed by atoms with Crippen LogP contribution in [-0.2, 0) is 22.5 Å². The Kier molecular flexibility index (Phi) is 5.06. The van der Waals surface area contributed by atoms with Gasteiger partial charge in [-0.1, -0.05) is 18.2 Å². The second kappa shape index (κ2) is 7.65. The maximum absolute atomic E-state index is 13.0. The number of hydrogen-bond acceptors (Lipinski definition) is 3. The summed E-state index contributed by atoms with van der Waals surface area (Å²) in [5.41, 5.74) is 5.35. The molecule has 28 heavy (non-hydrogen) atoms. The van der Waals surface area contributed by atoms with Crippen LogP contribution in [0.3, 0.4) is 0 Å². The smallest absolute Gasteiger partial charge is 0.268 e. The van der Waals surface area contributed by atoms with E-state index in [1.807, 2.05) is 37.3 Å². The zero-order valence-electron chi connectivity index (χ0n) is 16.4. The Morgan fingerprint density at radius 3 is 2.93 bits per heavy atom. The number of benzene rings is 1. The number of aryl methyl sites for hydroxylation is 1. The van der Waals surface area contributed by atoms with E-state index >= 15 is 0 Å². The molecule has 1 aromatic heterocycles. The molecule has 5 heteroatoms. The summed E-state index contributed by atoms with van der Waals surface area (Å²) in [7, 11) is 0. The number of carbonyl (C=O) groups is 1. The van der Waals surface area contributed by atoms with Crippen molar-refractivity contribution in [3.8, 4) is 6.07 Å². The predicted molar refractivity (Wildman–Crippen MR) is 109 cm³/mol. The zero-order chi connectivity index (χ0) is 19.7. The summed E-state index contributed by atoms with van der Waals surface area (Å²) in [5, 5.41) is 9.67. The van der Waals surface area contributed by atoms with Crippen LogP contribution in [0.15, 0.2) is 35.9 Å². The first-order valence-corrected chi connectivity index (χ1v) is 9.88. The lowest BCUT2D eigenvalue weighted by Crippen LogP contribution is -2.29. The van der Waals surface area contributed by atoms with Gasteiger partial charge in [0.1, 0.15) is 11.6 Å². The molecular weight excluding hydrogens is 350 g/mol. The largest absolute Gasteiger partial charge is 0.376 e. The Balaban J connectivity index is 1.60. The van der Waals surface area contributed by atoms with Crippen molar-refractivity contribution in [2.24, 2.45) is 0 Å². The van der Waals surface area contributed by atoms with Gasteiger partial charge in [-0.3, -0.25) is 4.79 Å². The first-order valence-electron chi connectivity index (χ1n) is 9.88. The van der Waals surface area contributed by atoms with Gasteiger partial charge < -0.3 is 14.2 Å². The Morgan fingerprint density at radius 2 is 2.18 bits per heavy atom. The molecule has 3 heterocycles. The Labute approximate surface area is 165 Å². The molecule has 0 saturated carbocycles. The number of rotatable bonds is 4. The molecule has 1 atom stereocenters. The molecule has 1 fully saturated rings. The van der Waals surface area contributed by atoms with Gasteiger partial charge in [0, 0.05) is 36.8 Å². The fourth-order valence-electron chi connectivity index (χ4n) is 4.24. The second-order valence-corrected chi connectivity index (χ2v) is 7.58. The van der Waals surface area contributed by atoms with E-state index in [9.17, 15) is 10.1 Å². The molecule has 2 aliphatic heterocycles. The van der Waals surface area contributed by atoms with Crippen LogP contribution in [0.2, 0.25) is 0 Å². The summed E-state index contributed by atoms with van der Waals surface area (Å²) in [6.45, 7) is 6.37. The number of hydrogen-bond donors (Lipinski definition) is 0. The van der Waals surface area contributed by atoms with Gasteiger partial charge in [-0.05, 0) is 62.4 Å². The molecule has 1 aromatic carbocycles. The van der Waals surface area contributed by atoms with Crippen LogP contribution in [0.1, 0.15) is 35.4 Å². The van der Waals surface area contributed by atoms with E-state index in [0.717, 1.165) is 60.6 Å². The highest BCUT2D eigenvalue weighted by Gasteiger charge is 2.27. The predicted octanol–water partition coefficient (Wildman–Crippen LogP) is 3.78. The standard InChI is InChI=1S/C23H25N3O2/c1-16-12-19(17(2)26(16)15-21-7-5-11-28-21)13-20(14-24)23(27)25-10-9-18-6-3-4-8-22(18)25/h3-4,6,8,12-13,21H,5,7,9-11,15H2,1-2H3/b20-13-/t21-/m0/s1. The molecule has 0 spiro atoms. The lowest BCUT2D eigenvalue weighted by molar-refractivity contribution is -0.114. The molecule has 0 bridgehead atoms. The summed E-state index contributed by atoms with van der Waals surface area (Å²) in [6, 6.07) is 12.1. The summed E-state index contributed by atoms with van der Waals surface area (Å²) in [5.74, 6) is -0.226. The number of nitriles is 1. The van der Waals surface area contributed by atoms with Gasteiger partial charge in [0.05, 0.1) is 6.10 Å². The topological polar surface area (TPSA) is 58.3 Å². The van der Waals surface area contributed by atoms with Gasteiger partial charge in [-0.2, -0.15) is 5.26 Å². The van der Waals surface area contributed by atoms with Gasteiger partial charge in [-0.15, -0.1) is 0 Å². The Hall–Kier alpha value is -2.84. The second-order valence-electron chi connectivity index (χ2n) is 7.58. The molecule has 4 rings (SSSR count). The van der Waals surface area contributed by atoms with Gasteiger partial charge in [-0.25, -0.2) is 0 Å². The average molecular weight is 375 g/mol. The summed E-state index contributed by atoms with van der Waals surface area (Å²) >= 11 is 0. The van der Waals surface area contributed by atoms with Crippen LogP contribution in [0.5, 0.6) is 0 Å². The van der Waals surface area contributed by atoms with Crippen molar-refractivity contribution in [3.63, 3.8) is 0 Å². The van der Waals surface area contributed by atoms with Crippen LogP contribution in [0, 0.1) is 25.2 Å². The van der Waals surface area contributed by atoms with E-state index in [1.165, 1.54) is 0 Å². The van der Waals surface area contributed by atoms with Crippen LogP contribution >= 0.6 is 0 Å². The minimum absolute atomic E-state index is 0.175. The van der Waals surface area contributed by atoms with Gasteiger partial charge >= 0.3 is 0 Å². The lowest BCUT2D eigenvalue weighted by Gasteiger charge is -2.16. The number of nitrogens with zero attached hydrogens (tertiary/aromatic N) is 3. The van der Waals surface area contributed by atoms with Crippen molar-refractivity contribution in [2.45, 2.75) is 45.8 Å². The quantitative estimate of drug-likeness (QED) is 0.604. The van der Waals surface area contributed by atoms with Gasteiger partial charge in [0.15, 0.2) is 0 Å². The van der Waals surface area contributed by atoms with E-state index in [2.05, 4.69) is 17.6 Å². The third-order valence-corrected chi connectivity index (χ3v) is 5.81. The van der Waals surface area contributed by atoms with E-state index in [4.69, 9.17) is 4.74 Å². The van der Waals surface area contributed by atoms with Crippen molar-refractivity contribution < 1.29 is 9.53 Å². The molecule has 2 aromatic rings. The summed E-state index contributed by atoms with van der Waals surface area (Å²) in [4.78, 5) is 14.8. The molecule has 144 valence electrons. The lowest BCUT2D eigenvalue weighted by atomic mass is 10.1. The third kappa shape index (κ3) is 3.36. The number of ether oxygens (including phenoxy) is 1. The number of fused-ring (bicyclic) bond motifs is 1. The summed E-state index contributed by atoms with van der Waals surface area (Å²) in [6.07, 6.45) is 5.01. The van der Waals surface area contributed by atoms with E-state index in [1.54, 1.807) is 11.0 Å². The van der Waals surface area contributed by atoms with Gasteiger partial charge in [0.2, 0.25) is 0 Å².